The van der Waals surface area contributed by atoms with Crippen molar-refractivity contribution < 1.29 is 14.3 Å². The van der Waals surface area contributed by atoms with E-state index < -0.39 is 6.10 Å². The summed E-state index contributed by atoms with van der Waals surface area (Å²) in [6, 6.07) is 15.3. The Kier molecular flexibility index (Phi) is 10.1. The van der Waals surface area contributed by atoms with E-state index >= 15 is 0 Å². The fourth-order valence-corrected chi connectivity index (χ4v) is 3.81. The zero-order valence-corrected chi connectivity index (χ0v) is 20.1. The Morgan fingerprint density at radius 1 is 1.06 bits per heavy atom. The molecule has 1 aliphatic heterocycles. The van der Waals surface area contributed by atoms with E-state index in [0.717, 1.165) is 42.5 Å². The maximum Gasteiger partial charge on any atom is 0.247 e. The standard InChI is InChI=1S/C22H25ClN4O3.2ClH/c1-16-24-25-22(30-16)17-5-4-6-19(13-17)29-15-18(28)14-26-9-11-27(12-10-26)21-8-3-2-7-20(21)23;;/h2-8,13,18,28H,9-12,14-15H2,1H3;2*1H. The van der Waals surface area contributed by atoms with Gasteiger partial charge in [0.05, 0.1) is 10.7 Å². The molecule has 10 heteroatoms. The summed E-state index contributed by atoms with van der Waals surface area (Å²) in [6.45, 7) is 6.03. The van der Waals surface area contributed by atoms with Crippen molar-refractivity contribution in [1.29, 1.82) is 0 Å². The molecule has 1 fully saturated rings. The Labute approximate surface area is 205 Å². The van der Waals surface area contributed by atoms with Crippen molar-refractivity contribution in [3.05, 3.63) is 59.4 Å². The second-order valence-electron chi connectivity index (χ2n) is 7.36. The molecule has 2 heterocycles. The van der Waals surface area contributed by atoms with Crippen molar-refractivity contribution in [2.75, 3.05) is 44.2 Å². The summed E-state index contributed by atoms with van der Waals surface area (Å²) in [5.41, 5.74) is 1.86. The molecule has 1 aromatic heterocycles. The smallest absolute Gasteiger partial charge is 0.247 e. The number of aliphatic hydroxyl groups is 1. The maximum atomic E-state index is 10.4. The number of hydrogen-bond acceptors (Lipinski definition) is 7. The fraction of sp³-hybridized carbons (Fsp3) is 0.364. The van der Waals surface area contributed by atoms with E-state index in [1.54, 1.807) is 6.92 Å². The van der Waals surface area contributed by atoms with Gasteiger partial charge in [0.25, 0.3) is 0 Å². The predicted molar refractivity (Wildman–Crippen MR) is 131 cm³/mol. The van der Waals surface area contributed by atoms with Gasteiger partial charge in [-0.25, -0.2) is 0 Å². The Bertz CT molecular complexity index is 980. The summed E-state index contributed by atoms with van der Waals surface area (Å²) in [5, 5.41) is 19.1. The number of para-hydroxylation sites is 1. The molecule has 174 valence electrons. The first-order valence-electron chi connectivity index (χ1n) is 10.0. The van der Waals surface area contributed by atoms with Crippen LogP contribution in [0.15, 0.2) is 52.9 Å². The van der Waals surface area contributed by atoms with Crippen molar-refractivity contribution in [3.8, 4) is 17.2 Å². The van der Waals surface area contributed by atoms with Crippen LogP contribution in [0.5, 0.6) is 5.75 Å². The number of halogens is 3. The number of rotatable bonds is 7. The number of β-amino-alcohol motifs (C(OH)–C–C–N with tert-alkyl or cyclic N) is 1. The van der Waals surface area contributed by atoms with Gasteiger partial charge in [0.15, 0.2) is 0 Å². The largest absolute Gasteiger partial charge is 0.491 e. The van der Waals surface area contributed by atoms with E-state index in [0.29, 0.717) is 24.1 Å². The van der Waals surface area contributed by atoms with Crippen molar-refractivity contribution in [1.82, 2.24) is 15.1 Å². The van der Waals surface area contributed by atoms with Crippen LogP contribution in [-0.2, 0) is 0 Å². The molecule has 32 heavy (non-hydrogen) atoms. The summed E-state index contributed by atoms with van der Waals surface area (Å²) in [6.07, 6.45) is -0.578. The Morgan fingerprint density at radius 3 is 2.50 bits per heavy atom. The van der Waals surface area contributed by atoms with Gasteiger partial charge in [0, 0.05) is 45.2 Å². The van der Waals surface area contributed by atoms with E-state index in [1.807, 2.05) is 48.5 Å². The molecule has 0 aliphatic carbocycles. The first-order valence-corrected chi connectivity index (χ1v) is 10.4. The summed E-state index contributed by atoms with van der Waals surface area (Å²) >= 11 is 6.30. The van der Waals surface area contributed by atoms with E-state index in [1.165, 1.54) is 0 Å². The van der Waals surface area contributed by atoms with Crippen LogP contribution in [0.4, 0.5) is 5.69 Å². The van der Waals surface area contributed by atoms with Gasteiger partial charge in [-0.3, -0.25) is 4.90 Å². The quantitative estimate of drug-likeness (QED) is 0.522. The topological polar surface area (TPSA) is 74.9 Å². The highest BCUT2D eigenvalue weighted by Crippen LogP contribution is 2.26. The van der Waals surface area contributed by atoms with Gasteiger partial charge < -0.3 is 19.2 Å². The van der Waals surface area contributed by atoms with Gasteiger partial charge in [-0.1, -0.05) is 29.8 Å². The molecule has 1 aliphatic rings. The molecule has 0 saturated carbocycles. The lowest BCUT2D eigenvalue weighted by molar-refractivity contribution is 0.0663. The number of nitrogens with zero attached hydrogens (tertiary/aromatic N) is 4. The van der Waals surface area contributed by atoms with Crippen molar-refractivity contribution in [2.45, 2.75) is 13.0 Å². The zero-order chi connectivity index (χ0) is 20.9. The Morgan fingerprint density at radius 2 is 1.81 bits per heavy atom. The highest BCUT2D eigenvalue weighted by atomic mass is 35.5. The normalized spacial score (nSPS) is 14.9. The minimum atomic E-state index is -0.578. The molecular formula is C22H27Cl3N4O3. The molecule has 0 spiro atoms. The van der Waals surface area contributed by atoms with Gasteiger partial charge in [-0.05, 0) is 30.3 Å². The highest BCUT2D eigenvalue weighted by molar-refractivity contribution is 6.33. The van der Waals surface area contributed by atoms with Crippen molar-refractivity contribution in [2.24, 2.45) is 0 Å². The molecule has 0 radical (unpaired) electrons. The minimum Gasteiger partial charge on any atom is -0.491 e. The summed E-state index contributed by atoms with van der Waals surface area (Å²) in [5.74, 6) is 1.63. The number of piperazine rings is 1. The van der Waals surface area contributed by atoms with Gasteiger partial charge in [0.1, 0.15) is 18.5 Å². The lowest BCUT2D eigenvalue weighted by Gasteiger charge is -2.37. The predicted octanol–water partition coefficient (Wildman–Crippen LogP) is 4.10. The molecule has 0 amide bonds. The van der Waals surface area contributed by atoms with Crippen LogP contribution in [0.1, 0.15) is 5.89 Å². The molecule has 4 rings (SSSR count). The van der Waals surface area contributed by atoms with Crippen molar-refractivity contribution in [3.63, 3.8) is 0 Å². The van der Waals surface area contributed by atoms with Gasteiger partial charge in [-0.15, -0.1) is 35.0 Å². The van der Waals surface area contributed by atoms with Gasteiger partial charge in [-0.2, -0.15) is 0 Å². The molecule has 3 aromatic rings. The average molecular weight is 502 g/mol. The number of aromatic nitrogens is 2. The molecule has 7 nitrogen and oxygen atoms in total. The summed E-state index contributed by atoms with van der Waals surface area (Å²) in [4.78, 5) is 4.53. The second kappa shape index (κ2) is 12.3. The number of anilines is 1. The van der Waals surface area contributed by atoms with Gasteiger partial charge >= 0.3 is 0 Å². The van der Waals surface area contributed by atoms with E-state index in [2.05, 4.69) is 20.0 Å². The van der Waals surface area contributed by atoms with Crippen LogP contribution in [0, 0.1) is 6.92 Å². The van der Waals surface area contributed by atoms with Crippen LogP contribution < -0.4 is 9.64 Å². The summed E-state index contributed by atoms with van der Waals surface area (Å²) in [7, 11) is 0. The SMILES string of the molecule is Cc1nnc(-c2cccc(OCC(O)CN3CCN(c4ccccc4Cl)CC3)c2)o1.Cl.Cl. The zero-order valence-electron chi connectivity index (χ0n) is 17.7. The monoisotopic (exact) mass is 500 g/mol. The van der Waals surface area contributed by atoms with Crippen LogP contribution in [0.25, 0.3) is 11.5 Å². The molecular weight excluding hydrogens is 475 g/mol. The third-order valence-corrected chi connectivity index (χ3v) is 5.40. The van der Waals surface area contributed by atoms with Crippen molar-refractivity contribution >= 4 is 42.1 Å². The first-order chi connectivity index (χ1) is 14.6. The molecule has 2 aromatic carbocycles. The van der Waals surface area contributed by atoms with E-state index in [4.69, 9.17) is 20.8 Å². The van der Waals surface area contributed by atoms with Gasteiger partial charge in [0.2, 0.25) is 11.8 Å². The highest BCUT2D eigenvalue weighted by Gasteiger charge is 2.21. The van der Waals surface area contributed by atoms with E-state index in [-0.39, 0.29) is 31.4 Å². The number of benzene rings is 2. The number of aryl methyl sites for hydroxylation is 1. The second-order valence-corrected chi connectivity index (χ2v) is 7.77. The Balaban J connectivity index is 0.00000181. The molecule has 1 saturated heterocycles. The lowest BCUT2D eigenvalue weighted by atomic mass is 10.2. The first kappa shape index (κ1) is 26.2. The third kappa shape index (κ3) is 6.73. The summed E-state index contributed by atoms with van der Waals surface area (Å²) < 4.78 is 11.2. The number of aliphatic hydroxyl groups excluding tert-OH is 1. The van der Waals surface area contributed by atoms with Crippen LogP contribution in [0.2, 0.25) is 5.02 Å². The molecule has 0 bridgehead atoms. The lowest BCUT2D eigenvalue weighted by Crippen LogP contribution is -2.49. The number of ether oxygens (including phenoxy) is 1. The Hall–Kier alpha value is -2.03. The number of hydrogen-bond donors (Lipinski definition) is 1. The average Bonchev–Trinajstić information content (AvgIpc) is 3.20. The third-order valence-electron chi connectivity index (χ3n) is 5.08. The minimum absolute atomic E-state index is 0. The maximum absolute atomic E-state index is 10.4. The van der Waals surface area contributed by atoms with Crippen LogP contribution in [-0.4, -0.2) is 65.6 Å². The fourth-order valence-electron chi connectivity index (χ4n) is 3.55. The van der Waals surface area contributed by atoms with E-state index in [9.17, 15) is 5.11 Å². The molecule has 1 N–H and O–H groups in total. The molecule has 1 unspecified atom stereocenters. The van der Waals surface area contributed by atoms with Crippen LogP contribution in [0.3, 0.4) is 0 Å². The molecule has 1 atom stereocenters. The van der Waals surface area contributed by atoms with Crippen LogP contribution >= 0.6 is 36.4 Å².